The molecule has 0 heterocycles. The molecular formula is C12H23NO. The van der Waals surface area contributed by atoms with Gasteiger partial charge >= 0.3 is 0 Å². The molecule has 1 saturated carbocycles. The van der Waals surface area contributed by atoms with Crippen LogP contribution < -0.4 is 5.73 Å². The van der Waals surface area contributed by atoms with Gasteiger partial charge in [-0.2, -0.15) is 0 Å². The van der Waals surface area contributed by atoms with Crippen LogP contribution in [0.2, 0.25) is 0 Å². The maximum absolute atomic E-state index is 6.29. The summed E-state index contributed by atoms with van der Waals surface area (Å²) in [5, 5.41) is 0. The fourth-order valence-corrected chi connectivity index (χ4v) is 2.01. The Morgan fingerprint density at radius 2 is 1.86 bits per heavy atom. The Balaban J connectivity index is 2.27. The molecule has 0 unspecified atom stereocenters. The molecule has 0 saturated heterocycles. The highest BCUT2D eigenvalue weighted by Crippen LogP contribution is 2.25. The molecule has 14 heavy (non-hydrogen) atoms. The highest BCUT2D eigenvalue weighted by molar-refractivity contribution is 4.90. The van der Waals surface area contributed by atoms with Crippen LogP contribution in [0.4, 0.5) is 0 Å². The Hall–Kier alpha value is -0.340. The van der Waals surface area contributed by atoms with Crippen molar-refractivity contribution >= 4 is 0 Å². The fraction of sp³-hybridized carbons (Fsp3) is 0.833. The largest absolute Gasteiger partial charge is 0.375 e. The van der Waals surface area contributed by atoms with Crippen LogP contribution in [0.15, 0.2) is 12.2 Å². The van der Waals surface area contributed by atoms with Crippen LogP contribution in [0, 0.1) is 0 Å². The number of hydrogen-bond donors (Lipinski definition) is 1. The van der Waals surface area contributed by atoms with Crippen molar-refractivity contribution < 1.29 is 4.74 Å². The summed E-state index contributed by atoms with van der Waals surface area (Å²) in [6.07, 6.45) is 7.41. The first kappa shape index (κ1) is 11.7. The minimum atomic E-state index is -0.0635. The van der Waals surface area contributed by atoms with Crippen molar-refractivity contribution in [2.45, 2.75) is 51.0 Å². The molecule has 0 spiro atoms. The van der Waals surface area contributed by atoms with Gasteiger partial charge in [-0.05, 0) is 19.8 Å². The quantitative estimate of drug-likeness (QED) is 0.555. The smallest absolute Gasteiger partial charge is 0.0672 e. The van der Waals surface area contributed by atoms with Crippen molar-refractivity contribution in [1.82, 2.24) is 0 Å². The zero-order valence-corrected chi connectivity index (χ0v) is 9.35. The van der Waals surface area contributed by atoms with Crippen LogP contribution >= 0.6 is 0 Å². The Morgan fingerprint density at radius 3 is 2.36 bits per heavy atom. The summed E-state index contributed by atoms with van der Waals surface area (Å²) < 4.78 is 5.57. The third kappa shape index (κ3) is 4.25. The van der Waals surface area contributed by atoms with Crippen molar-refractivity contribution in [3.05, 3.63) is 12.2 Å². The summed E-state index contributed by atoms with van der Waals surface area (Å²) in [5.74, 6) is 0. The number of ether oxygens (including phenoxy) is 1. The zero-order chi connectivity index (χ0) is 10.4. The van der Waals surface area contributed by atoms with E-state index >= 15 is 0 Å². The SMILES string of the molecule is C=C(C)COCC1(N)CCCCCC1. The predicted molar refractivity (Wildman–Crippen MR) is 60.3 cm³/mol. The van der Waals surface area contributed by atoms with Gasteiger partial charge in [-0.1, -0.05) is 37.8 Å². The van der Waals surface area contributed by atoms with Gasteiger partial charge in [-0.3, -0.25) is 0 Å². The Morgan fingerprint density at radius 1 is 1.29 bits per heavy atom. The van der Waals surface area contributed by atoms with Gasteiger partial charge in [-0.15, -0.1) is 0 Å². The molecule has 0 aromatic rings. The van der Waals surface area contributed by atoms with Gasteiger partial charge in [0.25, 0.3) is 0 Å². The minimum absolute atomic E-state index is 0.0635. The van der Waals surface area contributed by atoms with E-state index in [0.717, 1.165) is 18.4 Å². The van der Waals surface area contributed by atoms with E-state index in [9.17, 15) is 0 Å². The minimum Gasteiger partial charge on any atom is -0.375 e. The lowest BCUT2D eigenvalue weighted by Gasteiger charge is -2.27. The average Bonchev–Trinajstić information content (AvgIpc) is 2.30. The lowest BCUT2D eigenvalue weighted by Crippen LogP contribution is -2.44. The monoisotopic (exact) mass is 197 g/mol. The van der Waals surface area contributed by atoms with Crippen LogP contribution in [0.3, 0.4) is 0 Å². The molecule has 2 heteroatoms. The highest BCUT2D eigenvalue weighted by Gasteiger charge is 2.26. The Kier molecular flexibility index (Phi) is 4.63. The van der Waals surface area contributed by atoms with E-state index in [2.05, 4.69) is 6.58 Å². The van der Waals surface area contributed by atoms with Crippen molar-refractivity contribution in [3.8, 4) is 0 Å². The third-order valence-corrected chi connectivity index (χ3v) is 2.84. The topological polar surface area (TPSA) is 35.2 Å². The lowest BCUT2D eigenvalue weighted by atomic mass is 9.93. The molecule has 2 nitrogen and oxygen atoms in total. The maximum atomic E-state index is 6.29. The van der Waals surface area contributed by atoms with E-state index in [4.69, 9.17) is 10.5 Å². The maximum Gasteiger partial charge on any atom is 0.0672 e. The van der Waals surface area contributed by atoms with E-state index < -0.39 is 0 Å². The summed E-state index contributed by atoms with van der Waals surface area (Å²) in [7, 11) is 0. The van der Waals surface area contributed by atoms with Crippen LogP contribution in [0.1, 0.15) is 45.4 Å². The van der Waals surface area contributed by atoms with Crippen LogP contribution in [-0.4, -0.2) is 18.8 Å². The van der Waals surface area contributed by atoms with E-state index in [-0.39, 0.29) is 5.54 Å². The summed E-state index contributed by atoms with van der Waals surface area (Å²) >= 11 is 0. The van der Waals surface area contributed by atoms with Crippen molar-refractivity contribution in [1.29, 1.82) is 0 Å². The third-order valence-electron chi connectivity index (χ3n) is 2.84. The summed E-state index contributed by atoms with van der Waals surface area (Å²) in [5.41, 5.74) is 7.30. The molecule has 1 rings (SSSR count). The average molecular weight is 197 g/mol. The first-order valence-electron chi connectivity index (χ1n) is 5.63. The molecule has 0 amide bonds. The molecule has 1 aliphatic carbocycles. The molecule has 82 valence electrons. The number of nitrogens with two attached hydrogens (primary N) is 1. The van der Waals surface area contributed by atoms with Gasteiger partial charge in [0.1, 0.15) is 0 Å². The summed E-state index contributed by atoms with van der Waals surface area (Å²) in [6, 6.07) is 0. The van der Waals surface area contributed by atoms with Crippen LogP contribution in [0.5, 0.6) is 0 Å². The first-order chi connectivity index (χ1) is 6.62. The van der Waals surface area contributed by atoms with Gasteiger partial charge in [0.2, 0.25) is 0 Å². The molecule has 0 aromatic carbocycles. The van der Waals surface area contributed by atoms with Crippen LogP contribution in [0.25, 0.3) is 0 Å². The Bertz CT molecular complexity index is 181. The van der Waals surface area contributed by atoms with Crippen molar-refractivity contribution in [3.63, 3.8) is 0 Å². The molecule has 0 radical (unpaired) electrons. The van der Waals surface area contributed by atoms with Gasteiger partial charge < -0.3 is 10.5 Å². The Labute approximate surface area is 87.5 Å². The van der Waals surface area contributed by atoms with Gasteiger partial charge in [0, 0.05) is 5.54 Å². The molecule has 2 N–H and O–H groups in total. The standard InChI is InChI=1S/C12H23NO/c1-11(2)9-14-10-12(13)7-5-3-4-6-8-12/h1,3-10,13H2,2H3. The van der Waals surface area contributed by atoms with Gasteiger partial charge in [0.15, 0.2) is 0 Å². The van der Waals surface area contributed by atoms with Crippen molar-refractivity contribution in [2.24, 2.45) is 5.73 Å². The molecule has 0 aliphatic heterocycles. The highest BCUT2D eigenvalue weighted by atomic mass is 16.5. The second-order valence-corrected chi connectivity index (χ2v) is 4.73. The second-order valence-electron chi connectivity index (χ2n) is 4.73. The van der Waals surface area contributed by atoms with Crippen molar-refractivity contribution in [2.75, 3.05) is 13.2 Å². The molecule has 0 atom stereocenters. The zero-order valence-electron chi connectivity index (χ0n) is 9.35. The lowest BCUT2D eigenvalue weighted by molar-refractivity contribution is 0.0935. The summed E-state index contributed by atoms with van der Waals surface area (Å²) in [4.78, 5) is 0. The molecular weight excluding hydrogens is 174 g/mol. The first-order valence-corrected chi connectivity index (χ1v) is 5.63. The second kappa shape index (κ2) is 5.52. The van der Waals surface area contributed by atoms with Crippen LogP contribution in [-0.2, 0) is 4.74 Å². The molecule has 1 aliphatic rings. The fourth-order valence-electron chi connectivity index (χ4n) is 2.01. The molecule has 1 fully saturated rings. The number of rotatable bonds is 4. The summed E-state index contributed by atoms with van der Waals surface area (Å²) in [6.45, 7) is 7.14. The van der Waals surface area contributed by atoms with E-state index in [1.165, 1.54) is 25.7 Å². The van der Waals surface area contributed by atoms with E-state index in [1.54, 1.807) is 0 Å². The molecule has 0 bridgehead atoms. The van der Waals surface area contributed by atoms with Gasteiger partial charge in [-0.25, -0.2) is 0 Å². The van der Waals surface area contributed by atoms with E-state index in [0.29, 0.717) is 13.2 Å². The van der Waals surface area contributed by atoms with E-state index in [1.807, 2.05) is 6.92 Å². The normalized spacial score (nSPS) is 21.6. The predicted octanol–water partition coefficient (Wildman–Crippen LogP) is 2.63. The number of hydrogen-bond acceptors (Lipinski definition) is 2. The molecule has 0 aromatic heterocycles. The van der Waals surface area contributed by atoms with Gasteiger partial charge in [0.05, 0.1) is 13.2 Å².